The Hall–Kier alpha value is -2.41. The lowest BCUT2D eigenvalue weighted by molar-refractivity contribution is 0.436. The van der Waals surface area contributed by atoms with E-state index in [2.05, 4.69) is 28.3 Å². The van der Waals surface area contributed by atoms with Crippen LogP contribution in [0.25, 0.3) is 0 Å². The summed E-state index contributed by atoms with van der Waals surface area (Å²) in [6, 6.07) is 9.15. The molecule has 0 saturated carbocycles. The van der Waals surface area contributed by atoms with Crippen molar-refractivity contribution in [2.24, 2.45) is 0 Å². The first-order chi connectivity index (χ1) is 12.1. The molecule has 0 bridgehead atoms. The molecular weight excluding hydrogens is 445 g/mol. The predicted molar refractivity (Wildman–Crippen MR) is 106 cm³/mol. The van der Waals surface area contributed by atoms with Gasteiger partial charge in [-0.15, -0.1) is 34.2 Å². The lowest BCUT2D eigenvalue weighted by atomic mass is 10.2. The maximum absolute atomic E-state index is 8.90. The van der Waals surface area contributed by atoms with Crippen LogP contribution in [0.4, 0.5) is 0 Å². The van der Waals surface area contributed by atoms with Crippen LogP contribution in [0.1, 0.15) is 42.6 Å². The van der Waals surface area contributed by atoms with Crippen molar-refractivity contribution in [3.05, 3.63) is 53.0 Å². The van der Waals surface area contributed by atoms with Crippen LogP contribution in [-0.4, -0.2) is 20.0 Å². The van der Waals surface area contributed by atoms with Crippen molar-refractivity contribution < 1.29 is 9.15 Å². The van der Waals surface area contributed by atoms with Crippen LogP contribution in [0.15, 0.2) is 28.7 Å². The Balaban J connectivity index is 0.00000243. The van der Waals surface area contributed by atoms with E-state index in [0.717, 1.165) is 30.0 Å². The van der Waals surface area contributed by atoms with Crippen LogP contribution in [0.3, 0.4) is 0 Å². The third-order valence-electron chi connectivity index (χ3n) is 3.80. The summed E-state index contributed by atoms with van der Waals surface area (Å²) in [5, 5.41) is 21.4. The van der Waals surface area contributed by atoms with Gasteiger partial charge < -0.3 is 9.15 Å². The zero-order chi connectivity index (χ0) is 17.8. The van der Waals surface area contributed by atoms with Crippen molar-refractivity contribution in [2.75, 3.05) is 0 Å². The SMILES string of the molecule is CCc1nn(Cc2nnc(C)o2)c(CC)c1Oc1ccc(C#N)cc1.I. The minimum atomic E-state index is 0. The highest BCUT2D eigenvalue weighted by molar-refractivity contribution is 14.0. The van der Waals surface area contributed by atoms with E-state index in [9.17, 15) is 0 Å². The molecule has 0 N–H and O–H groups in total. The second kappa shape index (κ2) is 8.80. The van der Waals surface area contributed by atoms with Gasteiger partial charge in [-0.3, -0.25) is 4.68 Å². The highest BCUT2D eigenvalue weighted by Crippen LogP contribution is 2.30. The van der Waals surface area contributed by atoms with E-state index >= 15 is 0 Å². The number of aromatic nitrogens is 4. The molecule has 0 saturated heterocycles. The van der Waals surface area contributed by atoms with Crippen molar-refractivity contribution in [2.45, 2.75) is 40.2 Å². The maximum atomic E-state index is 8.90. The molecule has 0 aliphatic rings. The summed E-state index contributed by atoms with van der Waals surface area (Å²) in [6.45, 7) is 6.26. The first-order valence-corrected chi connectivity index (χ1v) is 8.20. The number of hydrogen-bond acceptors (Lipinski definition) is 6. The lowest BCUT2D eigenvalue weighted by Gasteiger charge is -2.08. The minimum absolute atomic E-state index is 0. The van der Waals surface area contributed by atoms with Crippen LogP contribution in [0, 0.1) is 18.3 Å². The third-order valence-corrected chi connectivity index (χ3v) is 3.80. The van der Waals surface area contributed by atoms with Gasteiger partial charge in [-0.1, -0.05) is 13.8 Å². The Labute approximate surface area is 169 Å². The molecule has 26 heavy (non-hydrogen) atoms. The largest absolute Gasteiger partial charge is 0.453 e. The second-order valence-electron chi connectivity index (χ2n) is 5.54. The van der Waals surface area contributed by atoms with E-state index in [1.54, 1.807) is 31.2 Å². The van der Waals surface area contributed by atoms with Crippen LogP contribution >= 0.6 is 24.0 Å². The number of benzene rings is 1. The van der Waals surface area contributed by atoms with E-state index < -0.39 is 0 Å². The van der Waals surface area contributed by atoms with Crippen molar-refractivity contribution >= 4 is 24.0 Å². The Morgan fingerprint density at radius 2 is 1.88 bits per heavy atom. The van der Waals surface area contributed by atoms with Gasteiger partial charge in [-0.05, 0) is 37.1 Å². The Bertz CT molecular complexity index is 909. The summed E-state index contributed by atoms with van der Waals surface area (Å²) < 4.78 is 13.4. The van der Waals surface area contributed by atoms with Gasteiger partial charge in [0.1, 0.15) is 18.0 Å². The summed E-state index contributed by atoms with van der Waals surface area (Å²) in [5.74, 6) is 2.48. The average molecular weight is 465 g/mol. The lowest BCUT2D eigenvalue weighted by Crippen LogP contribution is -2.06. The fourth-order valence-corrected chi connectivity index (χ4v) is 2.60. The molecule has 3 rings (SSSR count). The smallest absolute Gasteiger partial charge is 0.237 e. The van der Waals surface area contributed by atoms with Gasteiger partial charge in [0.2, 0.25) is 11.8 Å². The van der Waals surface area contributed by atoms with Gasteiger partial charge in [-0.2, -0.15) is 10.4 Å². The van der Waals surface area contributed by atoms with E-state index in [1.807, 2.05) is 11.6 Å². The molecule has 1 aromatic carbocycles. The molecule has 8 heteroatoms. The van der Waals surface area contributed by atoms with Crippen LogP contribution < -0.4 is 4.74 Å². The van der Waals surface area contributed by atoms with E-state index in [0.29, 0.717) is 29.6 Å². The fourth-order valence-electron chi connectivity index (χ4n) is 2.60. The number of aryl methyl sites for hydroxylation is 2. The van der Waals surface area contributed by atoms with E-state index in [1.165, 1.54) is 0 Å². The van der Waals surface area contributed by atoms with Crippen LogP contribution in [0.5, 0.6) is 11.5 Å². The van der Waals surface area contributed by atoms with Gasteiger partial charge in [-0.25, -0.2) is 0 Å². The maximum Gasteiger partial charge on any atom is 0.237 e. The molecule has 0 amide bonds. The molecule has 7 nitrogen and oxygen atoms in total. The third kappa shape index (κ3) is 4.22. The summed E-state index contributed by atoms with van der Waals surface area (Å²) in [7, 11) is 0. The van der Waals surface area contributed by atoms with Gasteiger partial charge in [0, 0.05) is 6.92 Å². The zero-order valence-corrected chi connectivity index (χ0v) is 17.2. The number of ether oxygens (including phenoxy) is 1. The molecule has 2 heterocycles. The van der Waals surface area contributed by atoms with Crippen molar-refractivity contribution in [1.82, 2.24) is 20.0 Å². The normalized spacial score (nSPS) is 10.2. The number of rotatable bonds is 6. The molecule has 0 unspecified atom stereocenters. The van der Waals surface area contributed by atoms with Gasteiger partial charge in [0.25, 0.3) is 0 Å². The predicted octanol–water partition coefficient (Wildman–Crippen LogP) is 4.03. The van der Waals surface area contributed by atoms with Crippen molar-refractivity contribution in [3.63, 3.8) is 0 Å². The van der Waals surface area contributed by atoms with Crippen LogP contribution in [-0.2, 0) is 19.4 Å². The molecule has 0 aliphatic heterocycles. The first-order valence-electron chi connectivity index (χ1n) is 8.20. The Morgan fingerprint density at radius 1 is 1.15 bits per heavy atom. The number of halogens is 1. The molecule has 3 aromatic rings. The topological polar surface area (TPSA) is 89.8 Å². The fraction of sp³-hybridized carbons (Fsp3) is 0.333. The standard InChI is InChI=1S/C18H19N5O2.HI/c1-4-15-18(25-14-8-6-13(10-19)7-9-14)16(5-2)23(22-15)11-17-21-20-12(3)24-17;/h6-9H,4-5,11H2,1-3H3;1H. The summed E-state index contributed by atoms with van der Waals surface area (Å²) in [5.41, 5.74) is 2.44. The summed E-state index contributed by atoms with van der Waals surface area (Å²) >= 11 is 0. The van der Waals surface area contributed by atoms with Crippen LogP contribution in [0.2, 0.25) is 0 Å². The molecule has 0 radical (unpaired) electrons. The summed E-state index contributed by atoms with van der Waals surface area (Å²) in [4.78, 5) is 0. The first kappa shape index (κ1) is 19.9. The summed E-state index contributed by atoms with van der Waals surface area (Å²) in [6.07, 6.45) is 1.50. The highest BCUT2D eigenvalue weighted by Gasteiger charge is 2.19. The second-order valence-corrected chi connectivity index (χ2v) is 5.54. The number of nitrogens with zero attached hydrogens (tertiary/aromatic N) is 5. The molecule has 0 fully saturated rings. The average Bonchev–Trinajstić information content (AvgIpc) is 3.18. The molecule has 2 aromatic heterocycles. The van der Waals surface area contributed by atoms with Gasteiger partial charge in [0.05, 0.1) is 17.3 Å². The molecule has 0 atom stereocenters. The minimum Gasteiger partial charge on any atom is -0.453 e. The molecule has 0 spiro atoms. The van der Waals surface area contributed by atoms with E-state index in [4.69, 9.17) is 14.4 Å². The number of hydrogen-bond donors (Lipinski definition) is 0. The van der Waals surface area contributed by atoms with E-state index in [-0.39, 0.29) is 24.0 Å². The van der Waals surface area contributed by atoms with Crippen molar-refractivity contribution in [1.29, 1.82) is 5.26 Å². The monoisotopic (exact) mass is 465 g/mol. The molecular formula is C18H20IN5O2. The Kier molecular flexibility index (Phi) is 6.74. The van der Waals surface area contributed by atoms with Gasteiger partial charge in [0.15, 0.2) is 5.75 Å². The molecule has 0 aliphatic carbocycles. The molecule has 136 valence electrons. The van der Waals surface area contributed by atoms with Crippen molar-refractivity contribution in [3.8, 4) is 17.6 Å². The quantitative estimate of drug-likeness (QED) is 0.511. The zero-order valence-electron chi connectivity index (χ0n) is 14.9. The highest BCUT2D eigenvalue weighted by atomic mass is 127. The number of nitriles is 1. The Morgan fingerprint density at radius 3 is 2.42 bits per heavy atom. The van der Waals surface area contributed by atoms with Gasteiger partial charge >= 0.3 is 0 Å².